The lowest BCUT2D eigenvalue weighted by Gasteiger charge is -2.28. The summed E-state index contributed by atoms with van der Waals surface area (Å²) in [6.07, 6.45) is 4.07. The fourth-order valence-electron chi connectivity index (χ4n) is 3.71. The van der Waals surface area contributed by atoms with Crippen molar-refractivity contribution < 1.29 is 13.9 Å². The summed E-state index contributed by atoms with van der Waals surface area (Å²) in [5, 5.41) is 8.98. The summed E-state index contributed by atoms with van der Waals surface area (Å²) >= 11 is 0. The van der Waals surface area contributed by atoms with Gasteiger partial charge in [0, 0.05) is 43.6 Å². The molecule has 9 nitrogen and oxygen atoms in total. The van der Waals surface area contributed by atoms with Gasteiger partial charge in [0.25, 0.3) is 5.91 Å². The Labute approximate surface area is 169 Å². The number of aryl methyl sites for hydroxylation is 2. The van der Waals surface area contributed by atoms with Gasteiger partial charge in [0.2, 0.25) is 5.89 Å². The van der Waals surface area contributed by atoms with Crippen molar-refractivity contribution in [3.05, 3.63) is 41.2 Å². The third kappa shape index (κ3) is 3.69. The summed E-state index contributed by atoms with van der Waals surface area (Å²) in [7, 11) is 0. The van der Waals surface area contributed by atoms with Gasteiger partial charge >= 0.3 is 0 Å². The van der Waals surface area contributed by atoms with E-state index in [4.69, 9.17) is 14.3 Å². The molecule has 4 rings (SSSR count). The van der Waals surface area contributed by atoms with E-state index in [2.05, 4.69) is 10.1 Å². The summed E-state index contributed by atoms with van der Waals surface area (Å²) in [6, 6.07) is 1.77. The molecule has 0 spiro atoms. The van der Waals surface area contributed by atoms with Gasteiger partial charge in [0.05, 0.1) is 25.9 Å². The predicted molar refractivity (Wildman–Crippen MR) is 105 cm³/mol. The van der Waals surface area contributed by atoms with Crippen molar-refractivity contribution in [2.45, 2.75) is 46.8 Å². The van der Waals surface area contributed by atoms with Gasteiger partial charge in [-0.3, -0.25) is 14.2 Å². The zero-order valence-corrected chi connectivity index (χ0v) is 17.1. The lowest BCUT2D eigenvalue weighted by molar-refractivity contribution is 0.0719. The second-order valence-corrected chi connectivity index (χ2v) is 6.98. The Morgan fingerprint density at radius 2 is 2.17 bits per heavy atom. The Kier molecular flexibility index (Phi) is 5.48. The number of hydrogen-bond acceptors (Lipinski definition) is 6. The number of aromatic nitrogens is 5. The maximum absolute atomic E-state index is 13.1. The summed E-state index contributed by atoms with van der Waals surface area (Å²) in [6.45, 7) is 9.48. The number of fused-ring (bicyclic) bond motifs is 1. The van der Waals surface area contributed by atoms with Gasteiger partial charge in [0.1, 0.15) is 11.5 Å². The van der Waals surface area contributed by atoms with Gasteiger partial charge in [0.15, 0.2) is 5.69 Å². The van der Waals surface area contributed by atoms with E-state index in [-0.39, 0.29) is 5.91 Å². The summed E-state index contributed by atoms with van der Waals surface area (Å²) in [4.78, 5) is 19.3. The monoisotopic (exact) mass is 398 g/mol. The van der Waals surface area contributed by atoms with Crippen LogP contribution in [0.15, 0.2) is 22.9 Å². The number of hydrogen-bond donors (Lipinski definition) is 0. The smallest absolute Gasteiger partial charge is 0.272 e. The number of rotatable bonds is 7. The van der Waals surface area contributed by atoms with Crippen LogP contribution in [0.5, 0.6) is 0 Å². The molecule has 1 aliphatic rings. The molecule has 0 fully saturated rings. The highest BCUT2D eigenvalue weighted by atomic mass is 16.5. The Morgan fingerprint density at radius 1 is 1.31 bits per heavy atom. The van der Waals surface area contributed by atoms with Crippen molar-refractivity contribution in [1.82, 2.24) is 29.4 Å². The molecule has 4 heterocycles. The Balaban J connectivity index is 1.65. The molecule has 0 N–H and O–H groups in total. The molecule has 0 atom stereocenters. The van der Waals surface area contributed by atoms with Crippen molar-refractivity contribution in [1.29, 1.82) is 0 Å². The van der Waals surface area contributed by atoms with Crippen LogP contribution < -0.4 is 0 Å². The van der Waals surface area contributed by atoms with E-state index < -0.39 is 0 Å². The molecule has 1 amide bonds. The van der Waals surface area contributed by atoms with Crippen LogP contribution in [0.2, 0.25) is 0 Å². The molecule has 0 saturated heterocycles. The Hall–Kier alpha value is -2.94. The second-order valence-electron chi connectivity index (χ2n) is 6.98. The first kappa shape index (κ1) is 19.4. The number of nitrogens with zero attached hydrogens (tertiary/aromatic N) is 6. The maximum atomic E-state index is 13.1. The number of carbonyl (C=O) groups is 1. The normalized spacial score (nSPS) is 13.7. The van der Waals surface area contributed by atoms with Crippen LogP contribution in [-0.4, -0.2) is 55.1 Å². The van der Waals surface area contributed by atoms with E-state index in [1.54, 1.807) is 23.1 Å². The van der Waals surface area contributed by atoms with E-state index in [1.807, 2.05) is 30.4 Å². The highest BCUT2D eigenvalue weighted by Crippen LogP contribution is 2.30. The minimum atomic E-state index is -0.0217. The average Bonchev–Trinajstić information content (AvgIpc) is 3.45. The largest absolute Gasteiger partial charge is 0.440 e. The van der Waals surface area contributed by atoms with Crippen molar-refractivity contribution in [2.75, 3.05) is 19.8 Å². The third-order valence-electron chi connectivity index (χ3n) is 5.13. The minimum Gasteiger partial charge on any atom is -0.440 e. The first-order valence-electron chi connectivity index (χ1n) is 10.0. The van der Waals surface area contributed by atoms with Crippen LogP contribution in [0.25, 0.3) is 11.6 Å². The molecule has 3 aromatic rings. The van der Waals surface area contributed by atoms with Gasteiger partial charge in [-0.25, -0.2) is 4.98 Å². The number of oxazole rings is 1. The second kappa shape index (κ2) is 8.20. The van der Waals surface area contributed by atoms with E-state index in [0.717, 1.165) is 23.4 Å². The zero-order valence-electron chi connectivity index (χ0n) is 17.1. The van der Waals surface area contributed by atoms with Crippen LogP contribution >= 0.6 is 0 Å². The van der Waals surface area contributed by atoms with Gasteiger partial charge in [-0.2, -0.15) is 10.2 Å². The molecular formula is C20H26N6O3. The summed E-state index contributed by atoms with van der Waals surface area (Å²) in [5.74, 6) is 1.20. The lowest BCUT2D eigenvalue weighted by atomic mass is 10.0. The molecule has 29 heavy (non-hydrogen) atoms. The highest BCUT2D eigenvalue weighted by molar-refractivity contribution is 5.92. The average molecular weight is 398 g/mol. The van der Waals surface area contributed by atoms with Gasteiger partial charge < -0.3 is 14.1 Å². The molecule has 0 aromatic carbocycles. The summed E-state index contributed by atoms with van der Waals surface area (Å²) < 4.78 is 14.9. The van der Waals surface area contributed by atoms with Crippen LogP contribution in [0.3, 0.4) is 0 Å². The molecule has 0 radical (unpaired) electrons. The molecule has 154 valence electrons. The van der Waals surface area contributed by atoms with E-state index in [1.165, 1.54) is 0 Å². The quantitative estimate of drug-likeness (QED) is 0.567. The van der Waals surface area contributed by atoms with E-state index >= 15 is 0 Å². The SMILES string of the molecule is CCOCCn1nc(-c2ncc(C)o2)c2c1CCN(C(=O)c1ccnn1CC)C2. The zero-order chi connectivity index (χ0) is 20.4. The van der Waals surface area contributed by atoms with Crippen LogP contribution in [-0.2, 0) is 30.8 Å². The van der Waals surface area contributed by atoms with Crippen molar-refractivity contribution >= 4 is 5.91 Å². The molecule has 0 aliphatic carbocycles. The van der Waals surface area contributed by atoms with Crippen LogP contribution in [0.1, 0.15) is 41.4 Å². The number of carbonyl (C=O) groups excluding carboxylic acids is 1. The first-order chi connectivity index (χ1) is 14.1. The Morgan fingerprint density at radius 3 is 2.90 bits per heavy atom. The number of amides is 1. The highest BCUT2D eigenvalue weighted by Gasteiger charge is 2.31. The van der Waals surface area contributed by atoms with E-state index in [0.29, 0.717) is 56.7 Å². The molecule has 0 bridgehead atoms. The fourth-order valence-corrected chi connectivity index (χ4v) is 3.71. The van der Waals surface area contributed by atoms with Gasteiger partial charge in [-0.15, -0.1) is 0 Å². The molecule has 3 aromatic heterocycles. The van der Waals surface area contributed by atoms with Gasteiger partial charge in [-0.1, -0.05) is 0 Å². The topological polar surface area (TPSA) is 91.2 Å². The predicted octanol–water partition coefficient (Wildman–Crippen LogP) is 2.30. The first-order valence-corrected chi connectivity index (χ1v) is 10.0. The van der Waals surface area contributed by atoms with Gasteiger partial charge in [-0.05, 0) is 26.8 Å². The maximum Gasteiger partial charge on any atom is 0.272 e. The third-order valence-corrected chi connectivity index (χ3v) is 5.13. The molecule has 1 aliphatic heterocycles. The molecule has 9 heteroatoms. The van der Waals surface area contributed by atoms with E-state index in [9.17, 15) is 4.79 Å². The lowest BCUT2D eigenvalue weighted by Crippen LogP contribution is -2.37. The molecule has 0 unspecified atom stereocenters. The standard InChI is InChI=1S/C20H26N6O3/c1-4-25-17(6-8-22-25)20(27)24-9-7-16-15(13-24)18(19-21-12-14(3)29-19)23-26(16)10-11-28-5-2/h6,8,12H,4-5,7,9-11,13H2,1-3H3. The van der Waals surface area contributed by atoms with Crippen molar-refractivity contribution in [2.24, 2.45) is 0 Å². The number of ether oxygens (including phenoxy) is 1. The molecular weight excluding hydrogens is 372 g/mol. The molecule has 0 saturated carbocycles. The van der Waals surface area contributed by atoms with Crippen molar-refractivity contribution in [3.8, 4) is 11.6 Å². The summed E-state index contributed by atoms with van der Waals surface area (Å²) in [5.41, 5.74) is 3.41. The van der Waals surface area contributed by atoms with Crippen molar-refractivity contribution in [3.63, 3.8) is 0 Å². The Bertz CT molecular complexity index is 1000. The fraction of sp³-hybridized carbons (Fsp3) is 0.500. The minimum absolute atomic E-state index is 0.0217. The van der Waals surface area contributed by atoms with Crippen LogP contribution in [0, 0.1) is 6.92 Å². The van der Waals surface area contributed by atoms with Crippen LogP contribution in [0.4, 0.5) is 0 Å².